The topological polar surface area (TPSA) is 84.4 Å². The van der Waals surface area contributed by atoms with Crippen molar-refractivity contribution in [3.05, 3.63) is 77.1 Å². The number of aromatic nitrogens is 2. The number of nitrogens with zero attached hydrogens (tertiary/aromatic N) is 3. The molecule has 1 heterocycles. The maximum absolute atomic E-state index is 14.0. The number of hydrogen-bond donors (Lipinski definition) is 1. The van der Waals surface area contributed by atoms with Gasteiger partial charge in [-0.25, -0.2) is 9.97 Å². The summed E-state index contributed by atoms with van der Waals surface area (Å²) in [4.78, 5) is 38.8. The average molecular weight is 533 g/mol. The first-order valence-corrected chi connectivity index (χ1v) is 14.0. The van der Waals surface area contributed by atoms with Crippen molar-refractivity contribution in [2.45, 2.75) is 70.1 Å². The third-order valence-corrected chi connectivity index (χ3v) is 7.85. The minimum absolute atomic E-state index is 0.0925. The zero-order valence-electron chi connectivity index (χ0n) is 22.6. The summed E-state index contributed by atoms with van der Waals surface area (Å²) in [5.41, 5.74) is 3.63. The van der Waals surface area contributed by atoms with Crippen LogP contribution in [0.15, 0.2) is 59.8 Å². The molecule has 200 valence electrons. The van der Waals surface area contributed by atoms with Gasteiger partial charge in [-0.05, 0) is 69.5 Å². The number of carbonyl (C=O) groups is 2. The van der Waals surface area contributed by atoms with E-state index in [2.05, 4.69) is 15.3 Å². The molecule has 0 aliphatic heterocycles. The Bertz CT molecular complexity index is 1240. The fourth-order valence-electron chi connectivity index (χ4n) is 4.99. The average Bonchev–Trinajstić information content (AvgIpc) is 2.91. The molecule has 0 radical (unpaired) electrons. The lowest BCUT2D eigenvalue weighted by molar-refractivity contribution is -0.146. The molecule has 3 aromatic rings. The maximum atomic E-state index is 14.0. The van der Waals surface area contributed by atoms with Gasteiger partial charge in [0, 0.05) is 23.6 Å². The number of benzene rings is 2. The van der Waals surface area contributed by atoms with Gasteiger partial charge in [-0.2, -0.15) is 0 Å². The molecule has 2 amide bonds. The molecule has 0 spiro atoms. The molecule has 1 fully saturated rings. The molecule has 7 nitrogen and oxygen atoms in total. The molecular weight excluding hydrogens is 496 g/mol. The van der Waals surface area contributed by atoms with E-state index in [0.717, 1.165) is 47.5 Å². The lowest BCUT2D eigenvalue weighted by Crippen LogP contribution is -2.60. The van der Waals surface area contributed by atoms with Gasteiger partial charge in [0.2, 0.25) is 11.8 Å². The smallest absolute Gasteiger partial charge is 0.250 e. The number of hydrogen-bond acceptors (Lipinski definition) is 6. The van der Waals surface area contributed by atoms with Crippen molar-refractivity contribution >= 4 is 29.3 Å². The van der Waals surface area contributed by atoms with Crippen LogP contribution in [0.25, 0.3) is 0 Å². The second-order valence-electron chi connectivity index (χ2n) is 9.96. The molecule has 4 rings (SSSR count). The first-order chi connectivity index (χ1) is 18.3. The Morgan fingerprint density at radius 1 is 0.947 bits per heavy atom. The quantitative estimate of drug-likeness (QED) is 0.274. The van der Waals surface area contributed by atoms with Crippen molar-refractivity contribution in [2.24, 2.45) is 0 Å². The molecule has 1 saturated carbocycles. The summed E-state index contributed by atoms with van der Waals surface area (Å²) in [6, 6.07) is 17.4. The predicted octanol–water partition coefficient (Wildman–Crippen LogP) is 5.87. The van der Waals surface area contributed by atoms with Gasteiger partial charge in [0.05, 0.1) is 12.9 Å². The zero-order chi connectivity index (χ0) is 27.1. The van der Waals surface area contributed by atoms with Crippen LogP contribution in [0.5, 0.6) is 5.75 Å². The number of methoxy groups -OCH3 is 1. The molecular formula is C30H36N4O3S. The van der Waals surface area contributed by atoms with Crippen LogP contribution in [-0.2, 0) is 16.1 Å². The van der Waals surface area contributed by atoms with E-state index >= 15 is 0 Å². The maximum Gasteiger partial charge on any atom is 0.250 e. The number of aryl methyl sites for hydroxylation is 3. The van der Waals surface area contributed by atoms with Gasteiger partial charge in [-0.3, -0.25) is 9.59 Å². The standard InChI is InChI=1S/C30H36N4O3S/c1-21-8-10-24(11-9-21)19-34(27(35)20-38-29-31-22(2)18-23(3)32-29)30(16-6-5-7-17-30)28(36)33-25-12-14-26(37-4)15-13-25/h8-15,18H,5-7,16-17,19-20H2,1-4H3,(H,33,36). The number of thioether (sulfide) groups is 1. The molecule has 0 bridgehead atoms. The van der Waals surface area contributed by atoms with Gasteiger partial charge in [0.1, 0.15) is 11.3 Å². The summed E-state index contributed by atoms with van der Waals surface area (Å²) >= 11 is 1.32. The largest absolute Gasteiger partial charge is 0.497 e. The molecule has 1 aliphatic rings. The Morgan fingerprint density at radius 3 is 2.18 bits per heavy atom. The monoisotopic (exact) mass is 532 g/mol. The SMILES string of the molecule is COc1ccc(NC(=O)C2(N(Cc3ccc(C)cc3)C(=O)CSc3nc(C)cc(C)n3)CCCCC2)cc1. The van der Waals surface area contributed by atoms with Gasteiger partial charge in [0.25, 0.3) is 0 Å². The minimum Gasteiger partial charge on any atom is -0.497 e. The minimum atomic E-state index is -0.940. The summed E-state index contributed by atoms with van der Waals surface area (Å²) in [6.45, 7) is 6.25. The third kappa shape index (κ3) is 6.72. The van der Waals surface area contributed by atoms with Crippen LogP contribution in [-0.4, -0.2) is 45.1 Å². The summed E-state index contributed by atoms with van der Waals surface area (Å²) in [7, 11) is 1.61. The number of nitrogens with one attached hydrogen (secondary N) is 1. The van der Waals surface area contributed by atoms with Crippen molar-refractivity contribution in [3.63, 3.8) is 0 Å². The van der Waals surface area contributed by atoms with Crippen LogP contribution in [0, 0.1) is 20.8 Å². The highest BCUT2D eigenvalue weighted by Gasteiger charge is 2.47. The summed E-state index contributed by atoms with van der Waals surface area (Å²) < 4.78 is 5.25. The van der Waals surface area contributed by atoms with E-state index in [1.54, 1.807) is 7.11 Å². The summed E-state index contributed by atoms with van der Waals surface area (Å²) in [6.07, 6.45) is 4.08. The second kappa shape index (κ2) is 12.4. The van der Waals surface area contributed by atoms with Crippen molar-refractivity contribution in [1.82, 2.24) is 14.9 Å². The Hall–Kier alpha value is -3.39. The third-order valence-electron chi connectivity index (χ3n) is 7.02. The van der Waals surface area contributed by atoms with E-state index in [-0.39, 0.29) is 17.6 Å². The molecule has 1 N–H and O–H groups in total. The second-order valence-corrected chi connectivity index (χ2v) is 10.9. The first kappa shape index (κ1) is 27.6. The van der Waals surface area contributed by atoms with Crippen LogP contribution in [0.3, 0.4) is 0 Å². The van der Waals surface area contributed by atoms with E-state index < -0.39 is 5.54 Å². The van der Waals surface area contributed by atoms with Crippen molar-refractivity contribution in [3.8, 4) is 5.75 Å². The molecule has 0 saturated heterocycles. The predicted molar refractivity (Wildman–Crippen MR) is 151 cm³/mol. The number of amides is 2. The Kier molecular flexibility index (Phi) is 9.05. The van der Waals surface area contributed by atoms with E-state index in [1.165, 1.54) is 11.8 Å². The van der Waals surface area contributed by atoms with E-state index in [9.17, 15) is 9.59 Å². The fourth-order valence-corrected chi connectivity index (χ4v) is 5.82. The van der Waals surface area contributed by atoms with E-state index in [4.69, 9.17) is 4.74 Å². The zero-order valence-corrected chi connectivity index (χ0v) is 23.4. The Balaban J connectivity index is 1.64. The van der Waals surface area contributed by atoms with Gasteiger partial charge in [-0.1, -0.05) is 60.9 Å². The van der Waals surface area contributed by atoms with Crippen molar-refractivity contribution in [1.29, 1.82) is 0 Å². The van der Waals surface area contributed by atoms with Gasteiger partial charge in [0.15, 0.2) is 5.16 Å². The lowest BCUT2D eigenvalue weighted by Gasteiger charge is -2.45. The molecule has 38 heavy (non-hydrogen) atoms. The van der Waals surface area contributed by atoms with Crippen molar-refractivity contribution < 1.29 is 14.3 Å². The number of ether oxygens (including phenoxy) is 1. The highest BCUT2D eigenvalue weighted by atomic mass is 32.2. The van der Waals surface area contributed by atoms with E-state index in [0.29, 0.717) is 30.2 Å². The van der Waals surface area contributed by atoms with Crippen LogP contribution in [0.1, 0.15) is 54.6 Å². The Morgan fingerprint density at radius 2 is 1.58 bits per heavy atom. The number of carbonyl (C=O) groups excluding carboxylic acids is 2. The van der Waals surface area contributed by atoms with Gasteiger partial charge in [-0.15, -0.1) is 0 Å². The van der Waals surface area contributed by atoms with Gasteiger partial charge < -0.3 is 15.0 Å². The van der Waals surface area contributed by atoms with Crippen molar-refractivity contribution in [2.75, 3.05) is 18.2 Å². The van der Waals surface area contributed by atoms with Crippen LogP contribution in [0.4, 0.5) is 5.69 Å². The first-order valence-electron chi connectivity index (χ1n) is 13.1. The Labute approximate surface area is 229 Å². The van der Waals surface area contributed by atoms with Crippen LogP contribution < -0.4 is 10.1 Å². The summed E-state index contributed by atoms with van der Waals surface area (Å²) in [5, 5.41) is 3.68. The number of anilines is 1. The number of rotatable bonds is 9. The molecule has 8 heteroatoms. The molecule has 1 aromatic heterocycles. The molecule has 2 aromatic carbocycles. The van der Waals surface area contributed by atoms with Gasteiger partial charge >= 0.3 is 0 Å². The fraction of sp³-hybridized carbons (Fsp3) is 0.400. The highest BCUT2D eigenvalue weighted by molar-refractivity contribution is 7.99. The normalized spacial score (nSPS) is 14.5. The molecule has 0 unspecified atom stereocenters. The molecule has 1 aliphatic carbocycles. The van der Waals surface area contributed by atoms with Crippen LogP contribution in [0.2, 0.25) is 0 Å². The highest BCUT2D eigenvalue weighted by Crippen LogP contribution is 2.37. The lowest BCUT2D eigenvalue weighted by atomic mass is 9.79. The summed E-state index contributed by atoms with van der Waals surface area (Å²) in [5.74, 6) is 0.643. The molecule has 0 atom stereocenters. The van der Waals surface area contributed by atoms with Crippen LogP contribution >= 0.6 is 11.8 Å². The van der Waals surface area contributed by atoms with E-state index in [1.807, 2.05) is 80.3 Å².